The van der Waals surface area contributed by atoms with Crippen LogP contribution in [0.25, 0.3) is 0 Å². The SMILES string of the molecule is Cc1ccc(NC(=O)COc2cccc3c2CCCC3)cc1N1CCCC1=O. The second-order valence-corrected chi connectivity index (χ2v) is 7.59. The molecule has 0 radical (unpaired) electrons. The van der Waals surface area contributed by atoms with E-state index >= 15 is 0 Å². The van der Waals surface area contributed by atoms with Gasteiger partial charge in [0.15, 0.2) is 6.61 Å². The Morgan fingerprint density at radius 2 is 1.96 bits per heavy atom. The Morgan fingerprint density at radius 1 is 1.11 bits per heavy atom. The predicted molar refractivity (Wildman–Crippen MR) is 110 cm³/mol. The lowest BCUT2D eigenvalue weighted by Gasteiger charge is -2.20. The third-order valence-corrected chi connectivity index (χ3v) is 5.57. The number of hydrogen-bond acceptors (Lipinski definition) is 3. The minimum absolute atomic E-state index is 0.0255. The summed E-state index contributed by atoms with van der Waals surface area (Å²) in [6.45, 7) is 2.69. The fourth-order valence-electron chi connectivity index (χ4n) is 4.10. The highest BCUT2D eigenvalue weighted by Crippen LogP contribution is 2.30. The first kappa shape index (κ1) is 18.5. The molecule has 1 fully saturated rings. The van der Waals surface area contributed by atoms with Crippen LogP contribution >= 0.6 is 0 Å². The summed E-state index contributed by atoms with van der Waals surface area (Å²) in [7, 11) is 0. The van der Waals surface area contributed by atoms with Crippen LogP contribution in [0, 0.1) is 6.92 Å². The monoisotopic (exact) mass is 378 g/mol. The van der Waals surface area contributed by atoms with Crippen LogP contribution < -0.4 is 15.0 Å². The van der Waals surface area contributed by atoms with Gasteiger partial charge in [0, 0.05) is 24.3 Å². The Bertz CT molecular complexity index is 907. The average Bonchev–Trinajstić information content (AvgIpc) is 3.13. The summed E-state index contributed by atoms with van der Waals surface area (Å²) in [5.41, 5.74) is 5.16. The van der Waals surface area contributed by atoms with Crippen molar-refractivity contribution in [1.29, 1.82) is 0 Å². The molecule has 2 aromatic rings. The van der Waals surface area contributed by atoms with E-state index in [-0.39, 0.29) is 18.4 Å². The first-order chi connectivity index (χ1) is 13.6. The fourth-order valence-corrected chi connectivity index (χ4v) is 4.10. The average molecular weight is 378 g/mol. The molecule has 5 nitrogen and oxygen atoms in total. The van der Waals surface area contributed by atoms with Gasteiger partial charge in [0.25, 0.3) is 5.91 Å². The largest absolute Gasteiger partial charge is 0.483 e. The molecule has 0 bridgehead atoms. The van der Waals surface area contributed by atoms with Crippen LogP contribution in [0.5, 0.6) is 5.75 Å². The number of rotatable bonds is 5. The number of fused-ring (bicyclic) bond motifs is 1. The van der Waals surface area contributed by atoms with Gasteiger partial charge in [0.1, 0.15) is 5.75 Å². The molecule has 0 aromatic heterocycles. The van der Waals surface area contributed by atoms with Gasteiger partial charge in [-0.1, -0.05) is 18.2 Å². The smallest absolute Gasteiger partial charge is 0.262 e. The number of ether oxygens (including phenoxy) is 1. The van der Waals surface area contributed by atoms with Crippen LogP contribution in [0.4, 0.5) is 11.4 Å². The highest BCUT2D eigenvalue weighted by Gasteiger charge is 2.23. The summed E-state index contributed by atoms with van der Waals surface area (Å²) < 4.78 is 5.83. The van der Waals surface area contributed by atoms with Crippen molar-refractivity contribution < 1.29 is 14.3 Å². The van der Waals surface area contributed by atoms with Gasteiger partial charge in [-0.2, -0.15) is 0 Å². The van der Waals surface area contributed by atoms with E-state index in [1.54, 1.807) is 4.90 Å². The van der Waals surface area contributed by atoms with E-state index in [1.807, 2.05) is 37.3 Å². The molecule has 1 saturated heterocycles. The van der Waals surface area contributed by atoms with Crippen LogP contribution in [0.1, 0.15) is 42.4 Å². The van der Waals surface area contributed by atoms with Crippen molar-refractivity contribution in [3.05, 3.63) is 53.1 Å². The van der Waals surface area contributed by atoms with Crippen LogP contribution in [0.2, 0.25) is 0 Å². The molecule has 1 N–H and O–H groups in total. The molecule has 0 unspecified atom stereocenters. The molecule has 0 atom stereocenters. The van der Waals surface area contributed by atoms with Gasteiger partial charge in [0.05, 0.1) is 0 Å². The second-order valence-electron chi connectivity index (χ2n) is 7.59. The molecular formula is C23H26N2O3. The number of benzene rings is 2. The third-order valence-electron chi connectivity index (χ3n) is 5.57. The molecule has 1 heterocycles. The number of hydrogen-bond donors (Lipinski definition) is 1. The minimum Gasteiger partial charge on any atom is -0.483 e. The Kier molecular flexibility index (Phi) is 5.33. The van der Waals surface area contributed by atoms with E-state index in [9.17, 15) is 9.59 Å². The van der Waals surface area contributed by atoms with Gasteiger partial charge in [-0.15, -0.1) is 0 Å². The normalized spacial score (nSPS) is 16.0. The van der Waals surface area contributed by atoms with E-state index in [0.29, 0.717) is 12.1 Å². The Balaban J connectivity index is 1.41. The Morgan fingerprint density at radius 3 is 2.79 bits per heavy atom. The zero-order chi connectivity index (χ0) is 19.5. The van der Waals surface area contributed by atoms with E-state index in [0.717, 1.165) is 42.8 Å². The molecule has 146 valence electrons. The van der Waals surface area contributed by atoms with Gasteiger partial charge in [-0.05, 0) is 73.9 Å². The van der Waals surface area contributed by atoms with E-state index in [1.165, 1.54) is 24.0 Å². The van der Waals surface area contributed by atoms with Crippen molar-refractivity contribution in [1.82, 2.24) is 0 Å². The fraction of sp³-hybridized carbons (Fsp3) is 0.391. The van der Waals surface area contributed by atoms with E-state index < -0.39 is 0 Å². The zero-order valence-corrected chi connectivity index (χ0v) is 16.3. The van der Waals surface area contributed by atoms with Gasteiger partial charge in [0.2, 0.25) is 5.91 Å². The van der Waals surface area contributed by atoms with Crippen molar-refractivity contribution in [3.63, 3.8) is 0 Å². The van der Waals surface area contributed by atoms with Gasteiger partial charge < -0.3 is 15.0 Å². The minimum atomic E-state index is -0.198. The lowest BCUT2D eigenvalue weighted by Crippen LogP contribution is -2.25. The molecule has 4 rings (SSSR count). The number of nitrogens with zero attached hydrogens (tertiary/aromatic N) is 1. The molecule has 2 amide bonds. The highest BCUT2D eigenvalue weighted by atomic mass is 16.5. The quantitative estimate of drug-likeness (QED) is 0.855. The summed E-state index contributed by atoms with van der Waals surface area (Å²) in [5.74, 6) is 0.763. The first-order valence-corrected chi connectivity index (χ1v) is 10.1. The van der Waals surface area contributed by atoms with Crippen molar-refractivity contribution in [3.8, 4) is 5.75 Å². The van der Waals surface area contributed by atoms with Gasteiger partial charge >= 0.3 is 0 Å². The lowest BCUT2D eigenvalue weighted by atomic mass is 9.91. The van der Waals surface area contributed by atoms with Gasteiger partial charge in [-0.3, -0.25) is 9.59 Å². The Labute approximate surface area is 165 Å². The molecule has 28 heavy (non-hydrogen) atoms. The van der Waals surface area contributed by atoms with Crippen LogP contribution in [-0.4, -0.2) is 25.0 Å². The third kappa shape index (κ3) is 3.88. The van der Waals surface area contributed by atoms with Crippen molar-refractivity contribution in [2.75, 3.05) is 23.4 Å². The van der Waals surface area contributed by atoms with Crippen molar-refractivity contribution >= 4 is 23.2 Å². The summed E-state index contributed by atoms with van der Waals surface area (Å²) in [6.07, 6.45) is 5.95. The van der Waals surface area contributed by atoms with E-state index in [4.69, 9.17) is 4.74 Å². The summed E-state index contributed by atoms with van der Waals surface area (Å²) >= 11 is 0. The topological polar surface area (TPSA) is 58.6 Å². The number of carbonyl (C=O) groups is 2. The van der Waals surface area contributed by atoms with Crippen LogP contribution in [-0.2, 0) is 22.4 Å². The molecule has 1 aliphatic heterocycles. The number of nitrogens with one attached hydrogen (secondary N) is 1. The lowest BCUT2D eigenvalue weighted by molar-refractivity contribution is -0.118. The zero-order valence-electron chi connectivity index (χ0n) is 16.3. The molecule has 0 saturated carbocycles. The maximum atomic E-state index is 12.4. The number of carbonyl (C=O) groups excluding carboxylic acids is 2. The Hall–Kier alpha value is -2.82. The maximum absolute atomic E-state index is 12.4. The summed E-state index contributed by atoms with van der Waals surface area (Å²) in [5, 5.41) is 2.90. The summed E-state index contributed by atoms with van der Waals surface area (Å²) in [6, 6.07) is 11.8. The molecular weight excluding hydrogens is 352 g/mol. The second kappa shape index (κ2) is 8.05. The number of amides is 2. The maximum Gasteiger partial charge on any atom is 0.262 e. The van der Waals surface area contributed by atoms with Crippen molar-refractivity contribution in [2.24, 2.45) is 0 Å². The van der Waals surface area contributed by atoms with Crippen LogP contribution in [0.15, 0.2) is 36.4 Å². The summed E-state index contributed by atoms with van der Waals surface area (Å²) in [4.78, 5) is 26.3. The molecule has 0 spiro atoms. The molecule has 1 aliphatic carbocycles. The highest BCUT2D eigenvalue weighted by molar-refractivity contribution is 5.98. The molecule has 2 aliphatic rings. The number of aryl methyl sites for hydroxylation is 2. The first-order valence-electron chi connectivity index (χ1n) is 10.1. The predicted octanol–water partition coefficient (Wildman–Crippen LogP) is 4.02. The van der Waals surface area contributed by atoms with Crippen LogP contribution in [0.3, 0.4) is 0 Å². The molecule has 2 aromatic carbocycles. The number of anilines is 2. The van der Waals surface area contributed by atoms with Crippen molar-refractivity contribution in [2.45, 2.75) is 45.4 Å². The van der Waals surface area contributed by atoms with E-state index in [2.05, 4.69) is 11.4 Å². The van der Waals surface area contributed by atoms with Gasteiger partial charge in [-0.25, -0.2) is 0 Å². The molecule has 5 heteroatoms. The standard InChI is InChI=1S/C23H26N2O3/c1-16-11-12-18(14-20(16)25-13-5-10-23(25)27)24-22(26)15-28-21-9-4-7-17-6-2-3-8-19(17)21/h4,7,9,11-12,14H,2-3,5-6,8,10,13,15H2,1H3,(H,24,26).